The van der Waals surface area contributed by atoms with E-state index in [9.17, 15) is 4.79 Å². The van der Waals surface area contributed by atoms with E-state index in [0.717, 1.165) is 39.0 Å². The number of amides is 1. The van der Waals surface area contributed by atoms with Crippen LogP contribution >= 0.6 is 0 Å². The fourth-order valence-corrected chi connectivity index (χ4v) is 1.94. The van der Waals surface area contributed by atoms with Crippen molar-refractivity contribution in [2.75, 3.05) is 26.2 Å². The quantitative estimate of drug-likeness (QED) is 0.603. The van der Waals surface area contributed by atoms with Crippen LogP contribution in [0.15, 0.2) is 0 Å². The molecule has 0 aromatic heterocycles. The normalized spacial score (nSPS) is 13.5. The minimum atomic E-state index is -0.249. The Hall–Kier alpha value is -0.610. The molecule has 0 aliphatic heterocycles. The van der Waals surface area contributed by atoms with Crippen LogP contribution in [0.3, 0.4) is 0 Å². The van der Waals surface area contributed by atoms with Gasteiger partial charge in [0.25, 0.3) is 0 Å². The lowest BCUT2D eigenvalue weighted by molar-refractivity contribution is -0.120. The Labute approximate surface area is 119 Å². The molecule has 0 aliphatic carbocycles. The molecule has 0 spiro atoms. The molecule has 0 rings (SSSR count). The van der Waals surface area contributed by atoms with Gasteiger partial charge < -0.3 is 16.0 Å². The SMILES string of the molecule is CCNC(CN(CCC(C)C)CCC(C)C)C(N)=O. The predicted molar refractivity (Wildman–Crippen MR) is 82.0 cm³/mol. The number of likely N-dealkylation sites (N-methyl/N-ethyl adjacent to an activating group) is 1. The lowest BCUT2D eigenvalue weighted by Gasteiger charge is -2.27. The molecule has 0 radical (unpaired) electrons. The van der Waals surface area contributed by atoms with Crippen molar-refractivity contribution >= 4 is 5.91 Å². The Kier molecular flexibility index (Phi) is 9.88. The molecule has 0 saturated heterocycles. The summed E-state index contributed by atoms with van der Waals surface area (Å²) in [5, 5.41) is 3.17. The molecule has 4 nitrogen and oxygen atoms in total. The Bertz CT molecular complexity index is 230. The van der Waals surface area contributed by atoms with E-state index in [1.807, 2.05) is 6.92 Å². The summed E-state index contributed by atoms with van der Waals surface area (Å²) >= 11 is 0. The van der Waals surface area contributed by atoms with Crippen molar-refractivity contribution in [3.63, 3.8) is 0 Å². The first-order chi connectivity index (χ1) is 8.86. The Morgan fingerprint density at radius 2 is 1.58 bits per heavy atom. The molecular formula is C15H33N3O. The van der Waals surface area contributed by atoms with Gasteiger partial charge in [0.05, 0.1) is 6.04 Å². The number of primary amides is 1. The number of nitrogens with two attached hydrogens (primary N) is 1. The van der Waals surface area contributed by atoms with Gasteiger partial charge >= 0.3 is 0 Å². The Balaban J connectivity index is 4.38. The van der Waals surface area contributed by atoms with Gasteiger partial charge in [0.2, 0.25) is 5.91 Å². The average molecular weight is 271 g/mol. The number of hydrogen-bond donors (Lipinski definition) is 2. The summed E-state index contributed by atoms with van der Waals surface area (Å²) in [7, 11) is 0. The van der Waals surface area contributed by atoms with Crippen LogP contribution in [0.5, 0.6) is 0 Å². The highest BCUT2D eigenvalue weighted by Gasteiger charge is 2.18. The molecule has 0 aliphatic rings. The zero-order valence-electron chi connectivity index (χ0n) is 13.4. The van der Waals surface area contributed by atoms with Crippen LogP contribution < -0.4 is 11.1 Å². The standard InChI is InChI=1S/C15H33N3O/c1-6-17-14(15(16)19)11-18(9-7-12(2)3)10-8-13(4)5/h12-14,17H,6-11H2,1-5H3,(H2,16,19). The molecule has 0 saturated carbocycles. The molecule has 3 N–H and O–H groups in total. The maximum atomic E-state index is 11.4. The molecule has 0 heterocycles. The first-order valence-corrected chi connectivity index (χ1v) is 7.61. The van der Waals surface area contributed by atoms with Crippen molar-refractivity contribution in [2.45, 2.75) is 53.5 Å². The molecule has 1 atom stereocenters. The van der Waals surface area contributed by atoms with Gasteiger partial charge in [-0.2, -0.15) is 0 Å². The maximum Gasteiger partial charge on any atom is 0.235 e. The lowest BCUT2D eigenvalue weighted by Crippen LogP contribution is -2.49. The van der Waals surface area contributed by atoms with Gasteiger partial charge in [0.1, 0.15) is 0 Å². The van der Waals surface area contributed by atoms with E-state index in [-0.39, 0.29) is 11.9 Å². The van der Waals surface area contributed by atoms with Crippen LogP contribution in [-0.4, -0.2) is 43.0 Å². The van der Waals surface area contributed by atoms with Gasteiger partial charge in [-0.1, -0.05) is 34.6 Å². The average Bonchev–Trinajstić information content (AvgIpc) is 2.30. The molecule has 0 fully saturated rings. The number of carbonyl (C=O) groups is 1. The molecule has 0 aromatic rings. The Morgan fingerprint density at radius 3 is 1.89 bits per heavy atom. The summed E-state index contributed by atoms with van der Waals surface area (Å²) in [6.45, 7) is 14.5. The van der Waals surface area contributed by atoms with Crippen LogP contribution in [0.25, 0.3) is 0 Å². The summed E-state index contributed by atoms with van der Waals surface area (Å²) in [4.78, 5) is 13.8. The van der Waals surface area contributed by atoms with Gasteiger partial charge in [-0.25, -0.2) is 0 Å². The molecule has 114 valence electrons. The van der Waals surface area contributed by atoms with Crippen LogP contribution in [0.1, 0.15) is 47.5 Å². The zero-order valence-corrected chi connectivity index (χ0v) is 13.4. The van der Waals surface area contributed by atoms with Gasteiger partial charge in [0.15, 0.2) is 0 Å². The van der Waals surface area contributed by atoms with Crippen molar-refractivity contribution in [3.8, 4) is 0 Å². The smallest absolute Gasteiger partial charge is 0.235 e. The third-order valence-corrected chi connectivity index (χ3v) is 3.28. The highest BCUT2D eigenvalue weighted by molar-refractivity contribution is 5.80. The highest BCUT2D eigenvalue weighted by atomic mass is 16.1. The van der Waals surface area contributed by atoms with E-state index in [1.165, 1.54) is 0 Å². The highest BCUT2D eigenvalue weighted by Crippen LogP contribution is 2.07. The first kappa shape index (κ1) is 18.4. The van der Waals surface area contributed by atoms with Crippen LogP contribution in [0.4, 0.5) is 0 Å². The van der Waals surface area contributed by atoms with E-state index in [2.05, 4.69) is 37.9 Å². The van der Waals surface area contributed by atoms with Crippen LogP contribution in [0, 0.1) is 11.8 Å². The second kappa shape index (κ2) is 10.2. The van der Waals surface area contributed by atoms with Crippen molar-refractivity contribution in [3.05, 3.63) is 0 Å². The van der Waals surface area contributed by atoms with Gasteiger partial charge in [0, 0.05) is 6.54 Å². The summed E-state index contributed by atoms with van der Waals surface area (Å²) in [5.74, 6) is 1.13. The predicted octanol–water partition coefficient (Wildman–Crippen LogP) is 1.84. The topological polar surface area (TPSA) is 58.4 Å². The monoisotopic (exact) mass is 271 g/mol. The third kappa shape index (κ3) is 9.91. The second-order valence-electron chi connectivity index (χ2n) is 6.18. The fraction of sp³-hybridized carbons (Fsp3) is 0.933. The summed E-state index contributed by atoms with van der Waals surface area (Å²) in [6, 6.07) is -0.232. The first-order valence-electron chi connectivity index (χ1n) is 7.61. The fourth-order valence-electron chi connectivity index (χ4n) is 1.94. The number of nitrogens with one attached hydrogen (secondary N) is 1. The molecule has 4 heteroatoms. The Morgan fingerprint density at radius 1 is 1.11 bits per heavy atom. The zero-order chi connectivity index (χ0) is 14.8. The molecular weight excluding hydrogens is 238 g/mol. The number of nitrogens with zero attached hydrogens (tertiary/aromatic N) is 1. The molecule has 19 heavy (non-hydrogen) atoms. The largest absolute Gasteiger partial charge is 0.368 e. The van der Waals surface area contributed by atoms with E-state index in [4.69, 9.17) is 5.73 Å². The van der Waals surface area contributed by atoms with Crippen LogP contribution in [-0.2, 0) is 4.79 Å². The molecule has 0 aromatic carbocycles. The van der Waals surface area contributed by atoms with Gasteiger partial charge in [-0.05, 0) is 44.3 Å². The molecule has 1 amide bonds. The van der Waals surface area contributed by atoms with E-state index < -0.39 is 0 Å². The van der Waals surface area contributed by atoms with Crippen molar-refractivity contribution < 1.29 is 4.79 Å². The van der Waals surface area contributed by atoms with Crippen molar-refractivity contribution in [2.24, 2.45) is 17.6 Å². The summed E-state index contributed by atoms with van der Waals surface area (Å²) in [5.41, 5.74) is 5.45. The minimum Gasteiger partial charge on any atom is -0.368 e. The minimum absolute atomic E-state index is 0.232. The number of rotatable bonds is 11. The third-order valence-electron chi connectivity index (χ3n) is 3.28. The maximum absolute atomic E-state index is 11.4. The molecule has 0 bridgehead atoms. The van der Waals surface area contributed by atoms with Crippen molar-refractivity contribution in [1.29, 1.82) is 0 Å². The summed E-state index contributed by atoms with van der Waals surface area (Å²) in [6.07, 6.45) is 2.32. The molecule has 1 unspecified atom stereocenters. The van der Waals surface area contributed by atoms with Crippen LogP contribution in [0.2, 0.25) is 0 Å². The number of hydrogen-bond acceptors (Lipinski definition) is 3. The van der Waals surface area contributed by atoms with E-state index >= 15 is 0 Å². The number of carbonyl (C=O) groups excluding carboxylic acids is 1. The van der Waals surface area contributed by atoms with Crippen molar-refractivity contribution in [1.82, 2.24) is 10.2 Å². The van der Waals surface area contributed by atoms with Gasteiger partial charge in [-0.15, -0.1) is 0 Å². The van der Waals surface area contributed by atoms with E-state index in [1.54, 1.807) is 0 Å². The van der Waals surface area contributed by atoms with E-state index in [0.29, 0.717) is 11.8 Å². The van der Waals surface area contributed by atoms with Gasteiger partial charge in [-0.3, -0.25) is 4.79 Å². The second-order valence-corrected chi connectivity index (χ2v) is 6.18. The lowest BCUT2D eigenvalue weighted by atomic mass is 10.1. The summed E-state index contributed by atoms with van der Waals surface area (Å²) < 4.78 is 0.